The molecular formula is C20H20FN3O4S. The Morgan fingerprint density at radius 3 is 2.69 bits per heavy atom. The predicted molar refractivity (Wildman–Crippen MR) is 107 cm³/mol. The number of pyridine rings is 1. The number of anilines is 1. The topological polar surface area (TPSA) is 92.5 Å². The molecule has 0 radical (unpaired) electrons. The van der Waals surface area contributed by atoms with Crippen molar-refractivity contribution in [3.8, 4) is 0 Å². The molecule has 1 aliphatic heterocycles. The summed E-state index contributed by atoms with van der Waals surface area (Å²) in [5.41, 5.74) is 1.89. The highest BCUT2D eigenvalue weighted by Gasteiger charge is 2.25. The summed E-state index contributed by atoms with van der Waals surface area (Å²) in [6.45, 7) is 2.64. The quantitative estimate of drug-likeness (QED) is 0.702. The molecule has 29 heavy (non-hydrogen) atoms. The Morgan fingerprint density at radius 1 is 1.24 bits per heavy atom. The maximum absolute atomic E-state index is 13.4. The number of benzene rings is 1. The van der Waals surface area contributed by atoms with E-state index in [4.69, 9.17) is 4.42 Å². The van der Waals surface area contributed by atoms with Crippen molar-refractivity contribution >= 4 is 32.5 Å². The number of rotatable bonds is 4. The van der Waals surface area contributed by atoms with Crippen LogP contribution < -0.4 is 5.32 Å². The van der Waals surface area contributed by atoms with Gasteiger partial charge >= 0.3 is 0 Å². The molecule has 0 spiro atoms. The minimum atomic E-state index is -3.04. The number of fused-ring (bicyclic) bond motifs is 1. The number of hydrogen-bond acceptors (Lipinski definition) is 6. The molecule has 2 aromatic heterocycles. The van der Waals surface area contributed by atoms with E-state index in [1.54, 1.807) is 18.2 Å². The van der Waals surface area contributed by atoms with Gasteiger partial charge < -0.3 is 14.6 Å². The first-order valence-electron chi connectivity index (χ1n) is 9.19. The lowest BCUT2D eigenvalue weighted by atomic mass is 10.1. The Labute approximate surface area is 167 Å². The maximum atomic E-state index is 13.4. The van der Waals surface area contributed by atoms with Gasteiger partial charge in [-0.25, -0.2) is 17.8 Å². The van der Waals surface area contributed by atoms with Crippen molar-refractivity contribution in [2.45, 2.75) is 13.5 Å². The summed E-state index contributed by atoms with van der Waals surface area (Å²) in [5.74, 6) is 0.693. The van der Waals surface area contributed by atoms with E-state index in [0.29, 0.717) is 29.3 Å². The fraction of sp³-hybridized carbons (Fsp3) is 0.300. The Morgan fingerprint density at radius 2 is 2.00 bits per heavy atom. The van der Waals surface area contributed by atoms with Gasteiger partial charge in [0.15, 0.2) is 9.84 Å². The van der Waals surface area contributed by atoms with Crippen molar-refractivity contribution in [1.29, 1.82) is 0 Å². The molecule has 0 atom stereocenters. The summed E-state index contributed by atoms with van der Waals surface area (Å²) in [6, 6.07) is 7.75. The lowest BCUT2D eigenvalue weighted by molar-refractivity contribution is 0.0770. The molecule has 0 bridgehead atoms. The van der Waals surface area contributed by atoms with Gasteiger partial charge in [0.25, 0.3) is 5.91 Å². The maximum Gasteiger partial charge on any atom is 0.255 e. The summed E-state index contributed by atoms with van der Waals surface area (Å²) >= 11 is 0. The molecule has 1 aliphatic rings. The lowest BCUT2D eigenvalue weighted by Crippen LogP contribution is -2.43. The van der Waals surface area contributed by atoms with Gasteiger partial charge in [-0.05, 0) is 37.3 Å². The second kappa shape index (κ2) is 7.47. The molecular weight excluding hydrogens is 397 g/mol. The zero-order chi connectivity index (χ0) is 20.6. The number of furan rings is 1. The van der Waals surface area contributed by atoms with Gasteiger partial charge in [0, 0.05) is 30.2 Å². The van der Waals surface area contributed by atoms with Crippen molar-refractivity contribution in [2.75, 3.05) is 29.9 Å². The molecule has 0 unspecified atom stereocenters. The van der Waals surface area contributed by atoms with Crippen LogP contribution in [0.25, 0.3) is 11.0 Å². The fourth-order valence-electron chi connectivity index (χ4n) is 3.31. The van der Waals surface area contributed by atoms with Gasteiger partial charge in [-0.1, -0.05) is 0 Å². The van der Waals surface area contributed by atoms with Crippen LogP contribution in [0.5, 0.6) is 0 Å². The lowest BCUT2D eigenvalue weighted by Gasteiger charge is -2.26. The molecule has 1 N–H and O–H groups in total. The molecule has 3 aromatic rings. The number of aryl methyl sites for hydroxylation is 1. The van der Waals surface area contributed by atoms with Crippen LogP contribution in [0.1, 0.15) is 21.7 Å². The molecule has 1 saturated heterocycles. The van der Waals surface area contributed by atoms with E-state index in [1.807, 2.05) is 6.92 Å². The Kier molecular flexibility index (Phi) is 4.99. The zero-order valence-electron chi connectivity index (χ0n) is 15.8. The standard InChI is InChI=1S/C20H20FN3O4S/c1-13-16-10-15(21)3-4-17(16)28-18(13)12-23-19-5-2-14(11-22-19)20(25)24-6-8-29(26,27)9-7-24/h2-5,10-11H,6-9,12H2,1H3,(H,22,23). The minimum Gasteiger partial charge on any atom is -0.459 e. The van der Waals surface area contributed by atoms with Gasteiger partial charge in [0.1, 0.15) is 23.0 Å². The minimum absolute atomic E-state index is 0.00738. The van der Waals surface area contributed by atoms with Crippen molar-refractivity contribution in [3.63, 3.8) is 0 Å². The first-order valence-corrected chi connectivity index (χ1v) is 11.0. The molecule has 0 aliphatic carbocycles. The molecule has 0 saturated carbocycles. The van der Waals surface area contributed by atoms with Crippen LogP contribution in [0.15, 0.2) is 40.9 Å². The summed E-state index contributed by atoms with van der Waals surface area (Å²) in [5, 5.41) is 3.87. The number of halogens is 1. The Bertz CT molecular complexity index is 1160. The number of hydrogen-bond donors (Lipinski definition) is 1. The second-order valence-corrected chi connectivity index (χ2v) is 9.32. The second-order valence-electron chi connectivity index (χ2n) is 7.02. The normalized spacial score (nSPS) is 16.1. The monoisotopic (exact) mass is 417 g/mol. The van der Waals surface area contributed by atoms with Crippen LogP contribution in [0.4, 0.5) is 10.2 Å². The number of sulfone groups is 1. The van der Waals surface area contributed by atoms with E-state index in [-0.39, 0.29) is 36.3 Å². The molecule has 4 rings (SSSR count). The van der Waals surface area contributed by atoms with Crippen LogP contribution in [0.3, 0.4) is 0 Å². The number of amides is 1. The Hall–Kier alpha value is -2.94. The van der Waals surface area contributed by atoms with Gasteiger partial charge in [-0.2, -0.15) is 0 Å². The average Bonchev–Trinajstić information content (AvgIpc) is 3.01. The number of nitrogens with zero attached hydrogens (tertiary/aromatic N) is 2. The zero-order valence-corrected chi connectivity index (χ0v) is 16.6. The fourth-order valence-corrected chi connectivity index (χ4v) is 4.51. The molecule has 7 nitrogen and oxygen atoms in total. The first-order chi connectivity index (χ1) is 13.8. The first kappa shape index (κ1) is 19.4. The van der Waals surface area contributed by atoms with Gasteiger partial charge in [-0.15, -0.1) is 0 Å². The van der Waals surface area contributed by atoms with Crippen molar-refractivity contribution in [2.24, 2.45) is 0 Å². The molecule has 1 fully saturated rings. The van der Waals surface area contributed by atoms with E-state index in [9.17, 15) is 17.6 Å². The van der Waals surface area contributed by atoms with E-state index >= 15 is 0 Å². The molecule has 1 aromatic carbocycles. The van der Waals surface area contributed by atoms with Crippen molar-refractivity contribution < 1.29 is 22.0 Å². The van der Waals surface area contributed by atoms with Crippen LogP contribution in [-0.4, -0.2) is 48.8 Å². The number of carbonyl (C=O) groups excluding carboxylic acids is 1. The van der Waals surface area contributed by atoms with E-state index < -0.39 is 9.84 Å². The molecule has 3 heterocycles. The highest BCUT2D eigenvalue weighted by molar-refractivity contribution is 7.91. The molecule has 1 amide bonds. The van der Waals surface area contributed by atoms with Gasteiger partial charge in [0.05, 0.1) is 23.6 Å². The van der Waals surface area contributed by atoms with Crippen LogP contribution in [0, 0.1) is 12.7 Å². The van der Waals surface area contributed by atoms with Crippen molar-refractivity contribution in [1.82, 2.24) is 9.88 Å². The van der Waals surface area contributed by atoms with Crippen LogP contribution in [0.2, 0.25) is 0 Å². The van der Waals surface area contributed by atoms with Crippen LogP contribution >= 0.6 is 0 Å². The molecule has 152 valence electrons. The van der Waals surface area contributed by atoms with E-state index in [0.717, 1.165) is 10.9 Å². The van der Waals surface area contributed by atoms with Gasteiger partial charge in [0.2, 0.25) is 0 Å². The highest BCUT2D eigenvalue weighted by atomic mass is 32.2. The van der Waals surface area contributed by atoms with Crippen LogP contribution in [-0.2, 0) is 16.4 Å². The molecule has 9 heteroatoms. The summed E-state index contributed by atoms with van der Waals surface area (Å²) in [6.07, 6.45) is 1.47. The van der Waals surface area contributed by atoms with E-state index in [1.165, 1.54) is 23.2 Å². The number of carbonyl (C=O) groups is 1. The average molecular weight is 417 g/mol. The third-order valence-electron chi connectivity index (χ3n) is 5.07. The number of aromatic nitrogens is 1. The summed E-state index contributed by atoms with van der Waals surface area (Å²) in [4.78, 5) is 18.3. The third-order valence-corrected chi connectivity index (χ3v) is 6.68. The van der Waals surface area contributed by atoms with E-state index in [2.05, 4.69) is 10.3 Å². The third kappa shape index (κ3) is 4.09. The Balaban J connectivity index is 1.41. The summed E-state index contributed by atoms with van der Waals surface area (Å²) < 4.78 is 42.2. The van der Waals surface area contributed by atoms with Gasteiger partial charge in [-0.3, -0.25) is 4.79 Å². The SMILES string of the molecule is Cc1c(CNc2ccc(C(=O)N3CCS(=O)(=O)CC3)cn2)oc2ccc(F)cc12. The highest BCUT2D eigenvalue weighted by Crippen LogP contribution is 2.26. The van der Waals surface area contributed by atoms with Crippen molar-refractivity contribution in [3.05, 3.63) is 59.2 Å². The predicted octanol–water partition coefficient (Wildman–Crippen LogP) is 2.76. The largest absolute Gasteiger partial charge is 0.459 e. The summed E-state index contributed by atoms with van der Waals surface area (Å²) in [7, 11) is -3.04. The smallest absolute Gasteiger partial charge is 0.255 e. The number of nitrogens with one attached hydrogen (secondary N) is 1.